The number of anilines is 1. The molecule has 1 fully saturated rings. The van der Waals surface area contributed by atoms with Crippen LogP contribution in [0.25, 0.3) is 0 Å². The summed E-state index contributed by atoms with van der Waals surface area (Å²) >= 11 is 1.51. The van der Waals surface area contributed by atoms with Crippen molar-refractivity contribution in [1.29, 1.82) is 0 Å². The lowest BCUT2D eigenvalue weighted by Gasteiger charge is -2.35. The Morgan fingerprint density at radius 3 is 3.11 bits per heavy atom. The standard InChI is InChI=1S/C12H22N4OS/c1-3-5-13-8-10-9-17-7-6-16(10)12-14-11(4-2)15-18-12/h10,13H,3-9H2,1-2H3. The molecule has 18 heavy (non-hydrogen) atoms. The highest BCUT2D eigenvalue weighted by atomic mass is 32.1. The second-order valence-corrected chi connectivity index (χ2v) is 5.20. The molecule has 1 atom stereocenters. The lowest BCUT2D eigenvalue weighted by molar-refractivity contribution is 0.0938. The highest BCUT2D eigenvalue weighted by Crippen LogP contribution is 2.21. The van der Waals surface area contributed by atoms with E-state index >= 15 is 0 Å². The Morgan fingerprint density at radius 1 is 1.50 bits per heavy atom. The largest absolute Gasteiger partial charge is 0.377 e. The number of morpholine rings is 1. The molecule has 1 N–H and O–H groups in total. The minimum absolute atomic E-state index is 0.378. The molecule has 2 rings (SSSR count). The predicted octanol–water partition coefficient (Wildman–Crippen LogP) is 1.31. The van der Waals surface area contributed by atoms with E-state index in [2.05, 4.69) is 33.4 Å². The maximum Gasteiger partial charge on any atom is 0.205 e. The molecule has 0 spiro atoms. The van der Waals surface area contributed by atoms with Gasteiger partial charge in [0.1, 0.15) is 5.82 Å². The number of ether oxygens (including phenoxy) is 1. The van der Waals surface area contributed by atoms with Crippen molar-refractivity contribution >= 4 is 16.7 Å². The molecular formula is C12H22N4OS. The monoisotopic (exact) mass is 270 g/mol. The summed E-state index contributed by atoms with van der Waals surface area (Å²) in [6, 6.07) is 0.378. The van der Waals surface area contributed by atoms with Crippen molar-refractivity contribution in [2.24, 2.45) is 0 Å². The van der Waals surface area contributed by atoms with Crippen LogP contribution in [0.4, 0.5) is 5.13 Å². The van der Waals surface area contributed by atoms with Gasteiger partial charge in [-0.2, -0.15) is 4.37 Å². The van der Waals surface area contributed by atoms with E-state index < -0.39 is 0 Å². The molecule has 0 bridgehead atoms. The van der Waals surface area contributed by atoms with Crippen LogP contribution in [-0.4, -0.2) is 48.2 Å². The number of aryl methyl sites for hydroxylation is 1. The molecule has 5 nitrogen and oxygen atoms in total. The molecule has 1 aliphatic heterocycles. The summed E-state index contributed by atoms with van der Waals surface area (Å²) in [7, 11) is 0. The molecule has 1 aliphatic rings. The molecule has 0 aromatic carbocycles. The molecule has 2 heterocycles. The summed E-state index contributed by atoms with van der Waals surface area (Å²) in [5, 5.41) is 4.50. The van der Waals surface area contributed by atoms with Crippen molar-refractivity contribution in [3.63, 3.8) is 0 Å². The van der Waals surface area contributed by atoms with E-state index in [4.69, 9.17) is 4.74 Å². The van der Waals surface area contributed by atoms with E-state index in [0.717, 1.165) is 56.6 Å². The van der Waals surface area contributed by atoms with Crippen LogP contribution in [0.3, 0.4) is 0 Å². The first-order valence-corrected chi connectivity index (χ1v) is 7.50. The molecule has 102 valence electrons. The van der Waals surface area contributed by atoms with Gasteiger partial charge in [-0.25, -0.2) is 4.98 Å². The number of hydrogen-bond acceptors (Lipinski definition) is 6. The molecule has 0 saturated carbocycles. The number of nitrogens with one attached hydrogen (secondary N) is 1. The van der Waals surface area contributed by atoms with Gasteiger partial charge >= 0.3 is 0 Å². The van der Waals surface area contributed by atoms with Crippen molar-refractivity contribution in [2.45, 2.75) is 32.7 Å². The van der Waals surface area contributed by atoms with Crippen LogP contribution in [0, 0.1) is 0 Å². The van der Waals surface area contributed by atoms with E-state index in [9.17, 15) is 0 Å². The third kappa shape index (κ3) is 3.40. The summed E-state index contributed by atoms with van der Waals surface area (Å²) in [6.45, 7) is 8.75. The van der Waals surface area contributed by atoms with Gasteiger partial charge in [-0.3, -0.25) is 0 Å². The highest BCUT2D eigenvalue weighted by Gasteiger charge is 2.25. The van der Waals surface area contributed by atoms with Crippen molar-refractivity contribution in [3.8, 4) is 0 Å². The first-order valence-electron chi connectivity index (χ1n) is 6.72. The lowest BCUT2D eigenvalue weighted by Crippen LogP contribution is -2.50. The van der Waals surface area contributed by atoms with Gasteiger partial charge in [0.2, 0.25) is 5.13 Å². The topological polar surface area (TPSA) is 50.3 Å². The Bertz CT molecular complexity index is 358. The molecular weight excluding hydrogens is 248 g/mol. The Labute approximate surface area is 113 Å². The SMILES string of the molecule is CCCNCC1COCCN1c1nc(CC)ns1. The van der Waals surface area contributed by atoms with E-state index in [1.165, 1.54) is 11.5 Å². The lowest BCUT2D eigenvalue weighted by atomic mass is 10.2. The summed E-state index contributed by atoms with van der Waals surface area (Å²) < 4.78 is 9.94. The van der Waals surface area contributed by atoms with Gasteiger partial charge < -0.3 is 15.0 Å². The minimum Gasteiger partial charge on any atom is -0.377 e. The van der Waals surface area contributed by atoms with Crippen molar-refractivity contribution in [1.82, 2.24) is 14.7 Å². The average Bonchev–Trinajstić information content (AvgIpc) is 2.88. The molecule has 1 aromatic heterocycles. The van der Waals surface area contributed by atoms with Crippen LogP contribution in [0.2, 0.25) is 0 Å². The van der Waals surface area contributed by atoms with E-state index in [1.807, 2.05) is 0 Å². The van der Waals surface area contributed by atoms with E-state index in [1.54, 1.807) is 0 Å². The van der Waals surface area contributed by atoms with E-state index in [-0.39, 0.29) is 0 Å². The first kappa shape index (κ1) is 13.7. The summed E-state index contributed by atoms with van der Waals surface area (Å²) in [5.74, 6) is 0.946. The zero-order chi connectivity index (χ0) is 12.8. The molecule has 0 aliphatic carbocycles. The summed E-state index contributed by atoms with van der Waals surface area (Å²) in [5.41, 5.74) is 0. The number of hydrogen-bond donors (Lipinski definition) is 1. The van der Waals surface area contributed by atoms with Crippen molar-refractivity contribution in [3.05, 3.63) is 5.82 Å². The van der Waals surface area contributed by atoms with Gasteiger partial charge in [0.05, 0.1) is 19.3 Å². The fourth-order valence-electron chi connectivity index (χ4n) is 2.03. The van der Waals surface area contributed by atoms with Crippen LogP contribution >= 0.6 is 11.5 Å². The molecule has 0 amide bonds. The van der Waals surface area contributed by atoms with Gasteiger partial charge in [-0.1, -0.05) is 13.8 Å². The third-order valence-corrected chi connectivity index (χ3v) is 3.84. The average molecular weight is 270 g/mol. The summed E-state index contributed by atoms with van der Waals surface area (Å²) in [6.07, 6.45) is 2.06. The van der Waals surface area contributed by atoms with Crippen LogP contribution in [0.15, 0.2) is 0 Å². The Morgan fingerprint density at radius 2 is 2.39 bits per heavy atom. The maximum absolute atomic E-state index is 5.57. The molecule has 1 aromatic rings. The minimum atomic E-state index is 0.378. The van der Waals surface area contributed by atoms with Crippen LogP contribution in [0.1, 0.15) is 26.1 Å². The molecule has 6 heteroatoms. The number of nitrogens with zero attached hydrogens (tertiary/aromatic N) is 3. The molecule has 1 unspecified atom stereocenters. The van der Waals surface area contributed by atoms with Gasteiger partial charge in [0, 0.05) is 31.0 Å². The first-order chi connectivity index (χ1) is 8.85. The highest BCUT2D eigenvalue weighted by molar-refractivity contribution is 7.09. The third-order valence-electron chi connectivity index (χ3n) is 3.05. The van der Waals surface area contributed by atoms with Gasteiger partial charge in [-0.05, 0) is 13.0 Å². The van der Waals surface area contributed by atoms with Gasteiger partial charge in [0.15, 0.2) is 0 Å². The Kier molecular flexibility index (Phi) is 5.34. The fourth-order valence-corrected chi connectivity index (χ4v) is 2.87. The van der Waals surface area contributed by atoms with Crippen LogP contribution in [-0.2, 0) is 11.2 Å². The zero-order valence-electron chi connectivity index (χ0n) is 11.2. The molecule has 1 saturated heterocycles. The number of rotatable bonds is 6. The number of aromatic nitrogens is 2. The normalized spacial score (nSPS) is 20.3. The molecule has 0 radical (unpaired) electrons. The van der Waals surface area contributed by atoms with Crippen molar-refractivity contribution < 1.29 is 4.74 Å². The second-order valence-electron chi connectivity index (χ2n) is 4.47. The Hall–Kier alpha value is -0.720. The van der Waals surface area contributed by atoms with Crippen LogP contribution < -0.4 is 10.2 Å². The quantitative estimate of drug-likeness (QED) is 0.790. The Balaban J connectivity index is 1.98. The van der Waals surface area contributed by atoms with Gasteiger partial charge in [-0.15, -0.1) is 0 Å². The fraction of sp³-hybridized carbons (Fsp3) is 0.833. The smallest absolute Gasteiger partial charge is 0.205 e. The van der Waals surface area contributed by atoms with E-state index in [0.29, 0.717) is 6.04 Å². The maximum atomic E-state index is 5.57. The summed E-state index contributed by atoms with van der Waals surface area (Å²) in [4.78, 5) is 6.92. The van der Waals surface area contributed by atoms with Gasteiger partial charge in [0.25, 0.3) is 0 Å². The van der Waals surface area contributed by atoms with Crippen molar-refractivity contribution in [2.75, 3.05) is 37.7 Å². The predicted molar refractivity (Wildman–Crippen MR) is 74.4 cm³/mol. The second kappa shape index (κ2) is 7.01. The zero-order valence-corrected chi connectivity index (χ0v) is 12.0. The van der Waals surface area contributed by atoms with Crippen LogP contribution in [0.5, 0.6) is 0 Å².